The first-order valence-electron chi connectivity index (χ1n) is 10.4. The lowest BCUT2D eigenvalue weighted by Crippen LogP contribution is -2.27. The molecule has 0 atom stereocenters. The minimum absolute atomic E-state index is 0.219. The molecular formula is C26H27FO3. The Kier molecular flexibility index (Phi) is 6.90. The molecule has 1 heterocycles. The number of rotatable bonds is 7. The molecular weight excluding hydrogens is 379 g/mol. The van der Waals surface area contributed by atoms with Gasteiger partial charge in [-0.2, -0.15) is 0 Å². The molecule has 0 aliphatic carbocycles. The summed E-state index contributed by atoms with van der Waals surface area (Å²) in [5, 5.41) is 0. The number of ether oxygens (including phenoxy) is 3. The number of halogens is 1. The highest BCUT2D eigenvalue weighted by Crippen LogP contribution is 2.30. The zero-order chi connectivity index (χ0) is 20.8. The Balaban J connectivity index is 1.36. The molecule has 1 saturated heterocycles. The van der Waals surface area contributed by atoms with Crippen LogP contribution in [0.1, 0.15) is 24.7 Å². The van der Waals surface area contributed by atoms with Crippen LogP contribution in [0.25, 0.3) is 22.3 Å². The van der Waals surface area contributed by atoms with E-state index in [0.717, 1.165) is 60.5 Å². The van der Waals surface area contributed by atoms with Crippen LogP contribution in [0.4, 0.5) is 4.39 Å². The Labute approximate surface area is 177 Å². The van der Waals surface area contributed by atoms with E-state index in [4.69, 9.17) is 14.2 Å². The van der Waals surface area contributed by atoms with Gasteiger partial charge in [-0.05, 0) is 47.2 Å². The number of benzene rings is 3. The van der Waals surface area contributed by atoms with E-state index in [1.807, 2.05) is 0 Å². The molecule has 0 aromatic heterocycles. The van der Waals surface area contributed by atoms with Crippen molar-refractivity contribution in [3.05, 3.63) is 84.2 Å². The lowest BCUT2D eigenvalue weighted by molar-refractivity contribution is -0.206. The van der Waals surface area contributed by atoms with Crippen LogP contribution in [-0.2, 0) is 14.2 Å². The summed E-state index contributed by atoms with van der Waals surface area (Å²) in [5.74, 6) is 0.221. The fraction of sp³-hybridized carbons (Fsp3) is 0.308. The molecule has 0 unspecified atom stereocenters. The number of hydrogen-bond acceptors (Lipinski definition) is 3. The highest BCUT2D eigenvalue weighted by atomic mass is 19.1. The summed E-state index contributed by atoms with van der Waals surface area (Å²) in [7, 11) is 1.73. The van der Waals surface area contributed by atoms with Gasteiger partial charge in [0.15, 0.2) is 6.29 Å². The maximum absolute atomic E-state index is 13.1. The van der Waals surface area contributed by atoms with Gasteiger partial charge in [-0.25, -0.2) is 4.39 Å². The molecule has 0 saturated carbocycles. The van der Waals surface area contributed by atoms with E-state index in [1.54, 1.807) is 19.2 Å². The predicted octanol–water partition coefficient (Wildman–Crippen LogP) is 6.25. The van der Waals surface area contributed by atoms with Crippen molar-refractivity contribution in [1.29, 1.82) is 0 Å². The fourth-order valence-corrected chi connectivity index (χ4v) is 3.75. The van der Waals surface area contributed by atoms with E-state index in [2.05, 4.69) is 48.5 Å². The Morgan fingerprint density at radius 2 is 1.23 bits per heavy atom. The summed E-state index contributed by atoms with van der Waals surface area (Å²) in [6.45, 7) is 2.23. The lowest BCUT2D eigenvalue weighted by atomic mass is 9.99. The van der Waals surface area contributed by atoms with Gasteiger partial charge in [0.05, 0.1) is 13.2 Å². The van der Waals surface area contributed by atoms with Crippen LogP contribution in [0.3, 0.4) is 0 Å². The van der Waals surface area contributed by atoms with E-state index in [1.165, 1.54) is 12.1 Å². The lowest BCUT2D eigenvalue weighted by Gasteiger charge is -2.29. The van der Waals surface area contributed by atoms with Crippen molar-refractivity contribution >= 4 is 0 Å². The Morgan fingerprint density at radius 3 is 1.73 bits per heavy atom. The molecule has 3 nitrogen and oxygen atoms in total. The molecule has 0 N–H and O–H groups in total. The fourth-order valence-electron chi connectivity index (χ4n) is 3.75. The van der Waals surface area contributed by atoms with Crippen LogP contribution in [0, 0.1) is 11.7 Å². The summed E-state index contributed by atoms with van der Waals surface area (Å²) in [5.41, 5.74) is 5.38. The standard InChI is InChI=1S/C26H27FO3/c1-28-16-2-3-19-17-29-26(30-18-19)24-10-8-22(9-11-24)20-4-6-21(7-5-20)23-12-14-25(27)15-13-23/h4-15,19,26H,2-3,16-18H2,1H3/t19-,26-. The van der Waals surface area contributed by atoms with Crippen molar-refractivity contribution in [2.24, 2.45) is 5.92 Å². The normalized spacial score (nSPS) is 19.0. The van der Waals surface area contributed by atoms with Crippen LogP contribution >= 0.6 is 0 Å². The van der Waals surface area contributed by atoms with Crippen LogP contribution in [0.2, 0.25) is 0 Å². The quantitative estimate of drug-likeness (QED) is 0.434. The predicted molar refractivity (Wildman–Crippen MR) is 117 cm³/mol. The molecule has 4 rings (SSSR count). The van der Waals surface area contributed by atoms with Crippen molar-refractivity contribution in [2.45, 2.75) is 19.1 Å². The molecule has 30 heavy (non-hydrogen) atoms. The zero-order valence-electron chi connectivity index (χ0n) is 17.2. The summed E-state index contributed by atoms with van der Waals surface area (Å²) in [6.07, 6.45) is 1.80. The molecule has 4 heteroatoms. The Hall–Kier alpha value is -2.53. The SMILES string of the molecule is COCCC[C@H]1CO[C@H](c2ccc(-c3ccc(-c4ccc(F)cc4)cc3)cc2)OC1. The van der Waals surface area contributed by atoms with Gasteiger partial charge in [-0.3, -0.25) is 0 Å². The van der Waals surface area contributed by atoms with Crippen molar-refractivity contribution in [2.75, 3.05) is 26.9 Å². The average molecular weight is 406 g/mol. The van der Waals surface area contributed by atoms with Gasteiger partial charge in [0.25, 0.3) is 0 Å². The highest BCUT2D eigenvalue weighted by molar-refractivity contribution is 5.70. The Morgan fingerprint density at radius 1 is 0.767 bits per heavy atom. The molecule has 0 spiro atoms. The molecule has 1 aliphatic rings. The summed E-state index contributed by atoms with van der Waals surface area (Å²) in [4.78, 5) is 0. The van der Waals surface area contributed by atoms with Crippen LogP contribution in [0.5, 0.6) is 0 Å². The van der Waals surface area contributed by atoms with Crippen molar-refractivity contribution < 1.29 is 18.6 Å². The molecule has 3 aromatic carbocycles. The van der Waals surface area contributed by atoms with Crippen molar-refractivity contribution in [3.63, 3.8) is 0 Å². The largest absolute Gasteiger partial charge is 0.385 e. The molecule has 156 valence electrons. The molecule has 1 fully saturated rings. The van der Waals surface area contributed by atoms with Gasteiger partial charge >= 0.3 is 0 Å². The highest BCUT2D eigenvalue weighted by Gasteiger charge is 2.23. The summed E-state index contributed by atoms with van der Waals surface area (Å²) >= 11 is 0. The Bertz CT molecular complexity index is 912. The minimum atomic E-state index is -0.293. The van der Waals surface area contributed by atoms with Crippen LogP contribution < -0.4 is 0 Å². The van der Waals surface area contributed by atoms with E-state index < -0.39 is 0 Å². The second kappa shape index (κ2) is 9.98. The molecule has 1 aliphatic heterocycles. The first-order valence-corrected chi connectivity index (χ1v) is 10.4. The third kappa shape index (κ3) is 5.14. The monoisotopic (exact) mass is 406 g/mol. The van der Waals surface area contributed by atoms with Crippen LogP contribution in [-0.4, -0.2) is 26.9 Å². The van der Waals surface area contributed by atoms with Crippen LogP contribution in [0.15, 0.2) is 72.8 Å². The maximum atomic E-state index is 13.1. The van der Waals surface area contributed by atoms with Gasteiger partial charge in [0, 0.05) is 25.2 Å². The first-order chi connectivity index (χ1) is 14.7. The number of methoxy groups -OCH3 is 1. The van der Waals surface area contributed by atoms with E-state index in [-0.39, 0.29) is 12.1 Å². The summed E-state index contributed by atoms with van der Waals surface area (Å²) < 4.78 is 30.1. The third-order valence-corrected chi connectivity index (χ3v) is 5.51. The second-order valence-corrected chi connectivity index (χ2v) is 7.71. The number of hydrogen-bond donors (Lipinski definition) is 0. The van der Waals surface area contributed by atoms with Gasteiger partial charge in [-0.15, -0.1) is 0 Å². The smallest absolute Gasteiger partial charge is 0.183 e. The van der Waals surface area contributed by atoms with E-state index in [0.29, 0.717) is 5.92 Å². The van der Waals surface area contributed by atoms with Crippen molar-refractivity contribution in [1.82, 2.24) is 0 Å². The van der Waals surface area contributed by atoms with Gasteiger partial charge < -0.3 is 14.2 Å². The molecule has 0 amide bonds. The first kappa shape index (κ1) is 20.7. The molecule has 0 bridgehead atoms. The van der Waals surface area contributed by atoms with Crippen molar-refractivity contribution in [3.8, 4) is 22.3 Å². The third-order valence-electron chi connectivity index (χ3n) is 5.51. The molecule has 3 aromatic rings. The minimum Gasteiger partial charge on any atom is -0.385 e. The van der Waals surface area contributed by atoms with Gasteiger partial charge in [0.2, 0.25) is 0 Å². The zero-order valence-corrected chi connectivity index (χ0v) is 17.2. The van der Waals surface area contributed by atoms with E-state index in [9.17, 15) is 4.39 Å². The average Bonchev–Trinajstić information content (AvgIpc) is 2.81. The second-order valence-electron chi connectivity index (χ2n) is 7.71. The molecule has 0 radical (unpaired) electrons. The topological polar surface area (TPSA) is 27.7 Å². The van der Waals surface area contributed by atoms with E-state index >= 15 is 0 Å². The van der Waals surface area contributed by atoms with Gasteiger partial charge in [-0.1, -0.05) is 60.7 Å². The maximum Gasteiger partial charge on any atom is 0.183 e. The van der Waals surface area contributed by atoms with Gasteiger partial charge in [0.1, 0.15) is 5.82 Å². The summed E-state index contributed by atoms with van der Waals surface area (Å²) in [6, 6.07) is 23.2.